The van der Waals surface area contributed by atoms with Crippen LogP contribution < -0.4 is 10.1 Å². The quantitative estimate of drug-likeness (QED) is 0.302. The van der Waals surface area contributed by atoms with Gasteiger partial charge in [-0.15, -0.1) is 0 Å². The third-order valence-electron chi connectivity index (χ3n) is 6.17. The minimum atomic E-state index is -0.185. The van der Waals surface area contributed by atoms with Crippen LogP contribution in [0.2, 0.25) is 5.02 Å². The first-order valence-corrected chi connectivity index (χ1v) is 11.2. The van der Waals surface area contributed by atoms with E-state index in [4.69, 9.17) is 16.3 Å². The molecule has 1 aliphatic rings. The van der Waals surface area contributed by atoms with Crippen LogP contribution in [0.15, 0.2) is 91.3 Å². The predicted molar refractivity (Wildman–Crippen MR) is 133 cm³/mol. The molecule has 0 saturated carbocycles. The van der Waals surface area contributed by atoms with E-state index in [0.29, 0.717) is 16.7 Å². The standard InChI is InChI=1S/C28H20ClN3O/c1-17-8-2-7-13-23(17)32-27-25-24(20-11-5-6-12-22(20)29)21-15-14-18-9-3-4-10-19(18)26(21)33-28(25)31-16-30-27/h2-16,24H,1H3,(H,30,31,32). The minimum absolute atomic E-state index is 0.185. The summed E-state index contributed by atoms with van der Waals surface area (Å²) < 4.78 is 6.46. The summed E-state index contributed by atoms with van der Waals surface area (Å²) in [7, 11) is 0. The molecule has 0 fully saturated rings. The molecule has 0 saturated heterocycles. The number of benzene rings is 4. The zero-order valence-corrected chi connectivity index (χ0v) is 18.7. The zero-order chi connectivity index (χ0) is 22.4. The van der Waals surface area contributed by atoms with Gasteiger partial charge < -0.3 is 10.1 Å². The molecule has 160 valence electrons. The predicted octanol–water partition coefficient (Wildman–Crippen LogP) is 7.62. The maximum absolute atomic E-state index is 6.74. The first-order chi connectivity index (χ1) is 16.2. The van der Waals surface area contributed by atoms with E-state index in [1.54, 1.807) is 6.33 Å². The minimum Gasteiger partial charge on any atom is -0.438 e. The third kappa shape index (κ3) is 3.31. The average molecular weight is 450 g/mol. The van der Waals surface area contributed by atoms with E-state index in [1.807, 2.05) is 48.5 Å². The molecule has 5 aromatic rings. The van der Waals surface area contributed by atoms with Gasteiger partial charge in [-0.25, -0.2) is 9.97 Å². The number of hydrogen-bond donors (Lipinski definition) is 1. The van der Waals surface area contributed by atoms with Crippen molar-refractivity contribution in [1.29, 1.82) is 0 Å². The molecule has 1 atom stereocenters. The van der Waals surface area contributed by atoms with Crippen LogP contribution in [0, 0.1) is 6.92 Å². The fourth-order valence-electron chi connectivity index (χ4n) is 4.55. The Hall–Kier alpha value is -3.89. The van der Waals surface area contributed by atoms with Gasteiger partial charge in [-0.05, 0) is 35.6 Å². The lowest BCUT2D eigenvalue weighted by Crippen LogP contribution is -2.16. The highest BCUT2D eigenvalue weighted by Gasteiger charge is 2.35. The van der Waals surface area contributed by atoms with Gasteiger partial charge >= 0.3 is 0 Å². The van der Waals surface area contributed by atoms with E-state index >= 15 is 0 Å². The second-order valence-electron chi connectivity index (χ2n) is 8.14. The van der Waals surface area contributed by atoms with Crippen molar-refractivity contribution in [2.75, 3.05) is 5.32 Å². The highest BCUT2D eigenvalue weighted by atomic mass is 35.5. The molecule has 5 heteroatoms. The molecule has 6 rings (SSSR count). The molecule has 0 bridgehead atoms. The number of rotatable bonds is 3. The molecule has 0 spiro atoms. The lowest BCUT2D eigenvalue weighted by Gasteiger charge is -2.30. The number of aromatic nitrogens is 2. The first kappa shape index (κ1) is 19.8. The Morgan fingerprint density at radius 2 is 1.61 bits per heavy atom. The van der Waals surface area contributed by atoms with Gasteiger partial charge in [0, 0.05) is 27.6 Å². The van der Waals surface area contributed by atoms with Crippen LogP contribution in [-0.4, -0.2) is 9.97 Å². The molecule has 1 unspecified atom stereocenters. The monoisotopic (exact) mass is 449 g/mol. The van der Waals surface area contributed by atoms with Gasteiger partial charge in [-0.1, -0.05) is 84.4 Å². The van der Waals surface area contributed by atoms with Crippen LogP contribution in [0.4, 0.5) is 11.5 Å². The van der Waals surface area contributed by atoms with E-state index in [2.05, 4.69) is 58.6 Å². The number of para-hydroxylation sites is 1. The normalized spacial score (nSPS) is 14.3. The summed E-state index contributed by atoms with van der Waals surface area (Å²) in [6, 6.07) is 28.6. The molecule has 33 heavy (non-hydrogen) atoms. The molecule has 1 aliphatic heterocycles. The number of aryl methyl sites for hydroxylation is 1. The third-order valence-corrected chi connectivity index (χ3v) is 6.51. The summed E-state index contributed by atoms with van der Waals surface area (Å²) in [5.41, 5.74) is 5.01. The highest BCUT2D eigenvalue weighted by Crippen LogP contribution is 2.52. The van der Waals surface area contributed by atoms with Crippen molar-refractivity contribution >= 4 is 33.9 Å². The van der Waals surface area contributed by atoms with Gasteiger partial charge in [0.15, 0.2) is 0 Å². The summed E-state index contributed by atoms with van der Waals surface area (Å²) in [5.74, 6) is 1.87. The van der Waals surface area contributed by atoms with Crippen LogP contribution >= 0.6 is 11.6 Å². The number of nitrogens with zero attached hydrogens (tertiary/aromatic N) is 2. The number of nitrogens with one attached hydrogen (secondary N) is 1. The SMILES string of the molecule is Cc1ccccc1Nc1ncnc2c1C(c1ccccc1Cl)c1ccc3ccccc3c1O2. The van der Waals surface area contributed by atoms with Gasteiger partial charge in [0.1, 0.15) is 17.9 Å². The second kappa shape index (κ2) is 7.91. The lowest BCUT2D eigenvalue weighted by atomic mass is 9.82. The molecule has 4 nitrogen and oxygen atoms in total. The molecule has 0 amide bonds. The molecule has 1 N–H and O–H groups in total. The van der Waals surface area contributed by atoms with Crippen LogP contribution in [0.25, 0.3) is 10.8 Å². The van der Waals surface area contributed by atoms with Gasteiger partial charge in [-0.3, -0.25) is 0 Å². The van der Waals surface area contributed by atoms with Gasteiger partial charge in [0.25, 0.3) is 0 Å². The van der Waals surface area contributed by atoms with Gasteiger partial charge in [0.05, 0.1) is 5.56 Å². The van der Waals surface area contributed by atoms with E-state index in [1.165, 1.54) is 0 Å². The fourth-order valence-corrected chi connectivity index (χ4v) is 4.79. The number of halogens is 1. The smallest absolute Gasteiger partial charge is 0.228 e. The Kier molecular flexibility index (Phi) is 4.74. The zero-order valence-electron chi connectivity index (χ0n) is 17.9. The van der Waals surface area contributed by atoms with Crippen molar-refractivity contribution in [1.82, 2.24) is 9.97 Å². The van der Waals surface area contributed by atoms with Crippen molar-refractivity contribution in [2.45, 2.75) is 12.8 Å². The van der Waals surface area contributed by atoms with E-state index in [0.717, 1.165) is 44.5 Å². The average Bonchev–Trinajstić information content (AvgIpc) is 2.85. The van der Waals surface area contributed by atoms with Crippen LogP contribution in [0.1, 0.15) is 28.2 Å². The van der Waals surface area contributed by atoms with Crippen molar-refractivity contribution in [2.24, 2.45) is 0 Å². The molecular formula is C28H20ClN3O. The number of fused-ring (bicyclic) bond motifs is 4. The van der Waals surface area contributed by atoms with Crippen molar-refractivity contribution in [3.8, 4) is 11.6 Å². The van der Waals surface area contributed by atoms with Crippen LogP contribution in [-0.2, 0) is 0 Å². The fraction of sp³-hybridized carbons (Fsp3) is 0.0714. The molecule has 2 heterocycles. The summed E-state index contributed by atoms with van der Waals surface area (Å²) in [5, 5.41) is 6.37. The summed E-state index contributed by atoms with van der Waals surface area (Å²) in [6.07, 6.45) is 1.54. The Balaban J connectivity index is 1.62. The largest absolute Gasteiger partial charge is 0.438 e. The molecular weight excluding hydrogens is 430 g/mol. The summed E-state index contributed by atoms with van der Waals surface area (Å²) in [6.45, 7) is 2.07. The van der Waals surface area contributed by atoms with Crippen LogP contribution in [0.3, 0.4) is 0 Å². The van der Waals surface area contributed by atoms with E-state index in [9.17, 15) is 0 Å². The van der Waals surface area contributed by atoms with Crippen LogP contribution in [0.5, 0.6) is 11.6 Å². The number of hydrogen-bond acceptors (Lipinski definition) is 4. The Morgan fingerprint density at radius 3 is 2.48 bits per heavy atom. The van der Waals surface area contributed by atoms with Crippen molar-refractivity contribution in [3.05, 3.63) is 119 Å². The molecule has 4 aromatic carbocycles. The number of anilines is 2. The highest BCUT2D eigenvalue weighted by molar-refractivity contribution is 6.31. The topological polar surface area (TPSA) is 47.0 Å². The van der Waals surface area contributed by atoms with Crippen molar-refractivity contribution < 1.29 is 4.74 Å². The first-order valence-electron chi connectivity index (χ1n) is 10.8. The summed E-state index contributed by atoms with van der Waals surface area (Å²) in [4.78, 5) is 9.16. The maximum atomic E-state index is 6.74. The van der Waals surface area contributed by atoms with E-state index < -0.39 is 0 Å². The molecule has 0 radical (unpaired) electrons. The number of ether oxygens (including phenoxy) is 1. The Bertz CT molecular complexity index is 1510. The van der Waals surface area contributed by atoms with Gasteiger partial charge in [-0.2, -0.15) is 0 Å². The van der Waals surface area contributed by atoms with Gasteiger partial charge in [0.2, 0.25) is 5.88 Å². The van der Waals surface area contributed by atoms with E-state index in [-0.39, 0.29) is 5.92 Å². The summed E-state index contributed by atoms with van der Waals surface area (Å²) >= 11 is 6.74. The molecule has 1 aromatic heterocycles. The van der Waals surface area contributed by atoms with Crippen molar-refractivity contribution in [3.63, 3.8) is 0 Å². The Labute approximate surface area is 196 Å². The molecule has 0 aliphatic carbocycles. The lowest BCUT2D eigenvalue weighted by molar-refractivity contribution is 0.438. The second-order valence-corrected chi connectivity index (χ2v) is 8.55. The Morgan fingerprint density at radius 1 is 0.818 bits per heavy atom. The maximum Gasteiger partial charge on any atom is 0.228 e.